The fraction of sp³-hybridized carbons (Fsp3) is 0.500. The van der Waals surface area contributed by atoms with Crippen molar-refractivity contribution in [3.63, 3.8) is 0 Å². The lowest BCUT2D eigenvalue weighted by molar-refractivity contribution is -0.0971. The van der Waals surface area contributed by atoms with Crippen LogP contribution in [0.4, 0.5) is 0 Å². The summed E-state index contributed by atoms with van der Waals surface area (Å²) in [5.74, 6) is 0.901. The Hall–Kier alpha value is -2.00. The number of allylic oxidation sites excluding steroid dienone is 1. The fourth-order valence-corrected chi connectivity index (χ4v) is 3.56. The number of aliphatic imine (C=N–C) groups is 1. The molecule has 3 rings (SSSR count). The number of hydrogen-bond acceptors (Lipinski definition) is 7. The van der Waals surface area contributed by atoms with Gasteiger partial charge in [-0.2, -0.15) is 0 Å². The van der Waals surface area contributed by atoms with Crippen LogP contribution in [0.15, 0.2) is 39.7 Å². The molecular weight excluding hydrogens is 318 g/mol. The Bertz CT molecular complexity index is 750. The van der Waals surface area contributed by atoms with Crippen molar-refractivity contribution in [2.45, 2.75) is 13.8 Å². The Labute approximate surface area is 136 Å². The second-order valence-electron chi connectivity index (χ2n) is 5.70. The molecule has 3 aliphatic heterocycles. The molecule has 3 heterocycles. The van der Waals surface area contributed by atoms with E-state index in [-0.39, 0.29) is 0 Å². The summed E-state index contributed by atoms with van der Waals surface area (Å²) in [5.41, 5.74) is 3.08. The Morgan fingerprint density at radius 3 is 2.78 bits per heavy atom. The monoisotopic (exact) mass is 339 g/mol. The SMILES string of the molecule is CCN1CC(C)=C(NS(C)(=O)=O)C2=C1N1CN(OC)C=C1C=N2. The summed E-state index contributed by atoms with van der Waals surface area (Å²) in [4.78, 5) is 14.0. The molecule has 0 spiro atoms. The zero-order valence-electron chi connectivity index (χ0n) is 13.7. The summed E-state index contributed by atoms with van der Waals surface area (Å²) in [6.45, 7) is 5.98. The number of sulfonamides is 1. The topological polar surface area (TPSA) is 77.5 Å². The molecule has 126 valence electrons. The van der Waals surface area contributed by atoms with E-state index < -0.39 is 10.0 Å². The van der Waals surface area contributed by atoms with Crippen LogP contribution in [0.1, 0.15) is 13.8 Å². The molecule has 8 nitrogen and oxygen atoms in total. The second kappa shape index (κ2) is 5.57. The van der Waals surface area contributed by atoms with Crippen LogP contribution in [0.5, 0.6) is 0 Å². The molecule has 9 heteroatoms. The molecule has 3 aliphatic rings. The maximum Gasteiger partial charge on any atom is 0.229 e. The predicted molar refractivity (Wildman–Crippen MR) is 87.1 cm³/mol. The van der Waals surface area contributed by atoms with Gasteiger partial charge in [-0.05, 0) is 19.4 Å². The van der Waals surface area contributed by atoms with Crippen LogP contribution in [-0.2, 0) is 14.9 Å². The van der Waals surface area contributed by atoms with Crippen molar-refractivity contribution in [3.05, 3.63) is 34.7 Å². The third-order valence-electron chi connectivity index (χ3n) is 3.96. The normalized spacial score (nSPS) is 20.9. The number of rotatable bonds is 4. The number of hydroxylamine groups is 2. The van der Waals surface area contributed by atoms with Crippen LogP contribution in [0.3, 0.4) is 0 Å². The minimum absolute atomic E-state index is 0.540. The van der Waals surface area contributed by atoms with Crippen LogP contribution >= 0.6 is 0 Å². The summed E-state index contributed by atoms with van der Waals surface area (Å²) in [7, 11) is -1.76. The van der Waals surface area contributed by atoms with Crippen molar-refractivity contribution in [2.24, 2.45) is 4.99 Å². The van der Waals surface area contributed by atoms with Crippen molar-refractivity contribution < 1.29 is 13.3 Å². The van der Waals surface area contributed by atoms with Gasteiger partial charge in [-0.1, -0.05) is 0 Å². The van der Waals surface area contributed by atoms with Gasteiger partial charge in [0.2, 0.25) is 10.0 Å². The molecule has 0 fully saturated rings. The molecule has 23 heavy (non-hydrogen) atoms. The van der Waals surface area contributed by atoms with Gasteiger partial charge in [0.25, 0.3) is 0 Å². The van der Waals surface area contributed by atoms with Gasteiger partial charge in [-0.15, -0.1) is 0 Å². The number of hydrogen-bond donors (Lipinski definition) is 1. The highest BCUT2D eigenvalue weighted by Crippen LogP contribution is 2.35. The molecule has 1 N–H and O–H groups in total. The summed E-state index contributed by atoms with van der Waals surface area (Å²) in [6.07, 6.45) is 4.75. The highest BCUT2D eigenvalue weighted by Gasteiger charge is 2.36. The van der Waals surface area contributed by atoms with Gasteiger partial charge in [-0.3, -0.25) is 9.56 Å². The van der Waals surface area contributed by atoms with Crippen molar-refractivity contribution >= 4 is 16.2 Å². The van der Waals surface area contributed by atoms with Gasteiger partial charge in [-0.25, -0.2) is 18.5 Å². The van der Waals surface area contributed by atoms with Crippen LogP contribution in [-0.4, -0.2) is 62.6 Å². The van der Waals surface area contributed by atoms with E-state index in [0.717, 1.165) is 29.9 Å². The number of fused-ring (bicyclic) bond motifs is 2. The van der Waals surface area contributed by atoms with E-state index >= 15 is 0 Å². The lowest BCUT2D eigenvalue weighted by atomic mass is 10.1. The maximum atomic E-state index is 11.7. The molecular formula is C14H21N5O3S. The predicted octanol–water partition coefficient (Wildman–Crippen LogP) is 0.377. The first-order valence-electron chi connectivity index (χ1n) is 7.35. The van der Waals surface area contributed by atoms with Crippen LogP contribution in [0, 0.1) is 0 Å². The first-order valence-corrected chi connectivity index (χ1v) is 9.24. The van der Waals surface area contributed by atoms with E-state index in [2.05, 4.69) is 26.4 Å². The smallest absolute Gasteiger partial charge is 0.229 e. The number of likely N-dealkylation sites (N-methyl/N-ethyl adjacent to an activating group) is 1. The Kier molecular flexibility index (Phi) is 3.85. The molecule has 0 radical (unpaired) electrons. The minimum atomic E-state index is -3.37. The van der Waals surface area contributed by atoms with Crippen LogP contribution < -0.4 is 4.72 Å². The molecule has 0 bridgehead atoms. The molecule has 0 aromatic heterocycles. The minimum Gasteiger partial charge on any atom is -0.352 e. The number of nitrogens with one attached hydrogen (secondary N) is 1. The molecule has 0 amide bonds. The van der Waals surface area contributed by atoms with E-state index in [9.17, 15) is 8.42 Å². The Morgan fingerprint density at radius 1 is 1.43 bits per heavy atom. The lowest BCUT2D eigenvalue weighted by Crippen LogP contribution is -2.43. The van der Waals surface area contributed by atoms with Crippen molar-refractivity contribution in [1.29, 1.82) is 0 Å². The van der Waals surface area contributed by atoms with E-state index in [1.807, 2.05) is 13.1 Å². The quantitative estimate of drug-likeness (QED) is 0.798. The van der Waals surface area contributed by atoms with Gasteiger partial charge in [0.15, 0.2) is 0 Å². The second-order valence-corrected chi connectivity index (χ2v) is 7.45. The summed E-state index contributed by atoms with van der Waals surface area (Å²) < 4.78 is 26.0. The van der Waals surface area contributed by atoms with Gasteiger partial charge >= 0.3 is 0 Å². The third kappa shape index (κ3) is 2.81. The highest BCUT2D eigenvalue weighted by atomic mass is 32.2. The lowest BCUT2D eigenvalue weighted by Gasteiger charge is -2.40. The molecule has 0 saturated carbocycles. The van der Waals surface area contributed by atoms with Gasteiger partial charge in [0, 0.05) is 13.1 Å². The largest absolute Gasteiger partial charge is 0.352 e. The van der Waals surface area contributed by atoms with Crippen LogP contribution in [0.2, 0.25) is 0 Å². The average molecular weight is 339 g/mol. The molecule has 0 saturated heterocycles. The molecule has 0 aliphatic carbocycles. The average Bonchev–Trinajstić information content (AvgIpc) is 2.91. The first kappa shape index (κ1) is 15.9. The van der Waals surface area contributed by atoms with Crippen molar-refractivity contribution in [3.8, 4) is 0 Å². The van der Waals surface area contributed by atoms with Crippen molar-refractivity contribution in [1.82, 2.24) is 19.6 Å². The zero-order valence-corrected chi connectivity index (χ0v) is 14.5. The first-order chi connectivity index (χ1) is 10.8. The van der Waals surface area contributed by atoms with Gasteiger partial charge < -0.3 is 9.80 Å². The highest BCUT2D eigenvalue weighted by molar-refractivity contribution is 7.88. The summed E-state index contributed by atoms with van der Waals surface area (Å²) >= 11 is 0. The van der Waals surface area contributed by atoms with Gasteiger partial charge in [0.05, 0.1) is 37.2 Å². The molecule has 0 atom stereocenters. The Morgan fingerprint density at radius 2 is 2.17 bits per heavy atom. The Balaban J connectivity index is 2.07. The van der Waals surface area contributed by atoms with E-state index in [4.69, 9.17) is 4.84 Å². The maximum absolute atomic E-state index is 11.7. The third-order valence-corrected chi connectivity index (χ3v) is 4.53. The van der Waals surface area contributed by atoms with E-state index in [1.54, 1.807) is 18.4 Å². The fourth-order valence-electron chi connectivity index (χ4n) is 2.92. The van der Waals surface area contributed by atoms with Gasteiger partial charge in [0.1, 0.15) is 18.2 Å². The standard InChI is InChI=1S/C14H21N5O3S/c1-5-17-7-10(2)12(16-23(4,20)21)13-14(17)19-9-18(22-3)8-11(19)6-15-13/h6,8,16H,5,7,9H2,1-4H3. The van der Waals surface area contributed by atoms with Crippen LogP contribution in [0.25, 0.3) is 0 Å². The van der Waals surface area contributed by atoms with Crippen molar-refractivity contribution in [2.75, 3.05) is 33.1 Å². The molecule has 0 aromatic carbocycles. The molecule has 0 aromatic rings. The summed E-state index contributed by atoms with van der Waals surface area (Å²) in [5, 5.41) is 1.71. The zero-order chi connectivity index (χ0) is 16.8. The van der Waals surface area contributed by atoms with E-state index in [1.165, 1.54) is 0 Å². The number of nitrogens with zero attached hydrogens (tertiary/aromatic N) is 4. The van der Waals surface area contributed by atoms with E-state index in [0.29, 0.717) is 24.6 Å². The summed E-state index contributed by atoms with van der Waals surface area (Å²) in [6, 6.07) is 0. The molecule has 0 unspecified atom stereocenters.